The van der Waals surface area contributed by atoms with Gasteiger partial charge in [-0.25, -0.2) is 4.99 Å². The summed E-state index contributed by atoms with van der Waals surface area (Å²) in [5.74, 6) is 1.01. The Kier molecular flexibility index (Phi) is 8.13. The molecule has 0 aliphatic carbocycles. The van der Waals surface area contributed by atoms with Gasteiger partial charge in [-0.1, -0.05) is 0 Å². The van der Waals surface area contributed by atoms with Gasteiger partial charge in [0.15, 0.2) is 11.6 Å². The van der Waals surface area contributed by atoms with Crippen molar-refractivity contribution in [2.75, 3.05) is 21.3 Å². The number of hydrogen-bond acceptors (Lipinski definition) is 7. The van der Waals surface area contributed by atoms with Crippen molar-refractivity contribution >= 4 is 23.8 Å². The van der Waals surface area contributed by atoms with Crippen molar-refractivity contribution in [2.45, 2.75) is 6.42 Å². The van der Waals surface area contributed by atoms with Gasteiger partial charge in [0.25, 0.3) is 5.91 Å². The van der Waals surface area contributed by atoms with E-state index in [9.17, 15) is 14.4 Å². The Balaban J connectivity index is 1.63. The number of allylic oxidation sites excluding steroid dienone is 3. The second kappa shape index (κ2) is 11.8. The number of nitrogens with zero attached hydrogens (tertiary/aromatic N) is 2. The van der Waals surface area contributed by atoms with Gasteiger partial charge < -0.3 is 14.2 Å². The maximum atomic E-state index is 13.3. The van der Waals surface area contributed by atoms with Crippen LogP contribution in [0.5, 0.6) is 17.2 Å². The first kappa shape index (κ1) is 26.1. The van der Waals surface area contributed by atoms with Gasteiger partial charge in [-0.3, -0.25) is 19.3 Å². The molecule has 8 heteroatoms. The lowest BCUT2D eigenvalue weighted by molar-refractivity contribution is 0.0883. The van der Waals surface area contributed by atoms with Crippen LogP contribution >= 0.6 is 0 Å². The average molecular weight is 511 g/mol. The highest BCUT2D eigenvalue weighted by Gasteiger charge is 2.23. The maximum Gasteiger partial charge on any atom is 0.263 e. The van der Waals surface area contributed by atoms with E-state index >= 15 is 0 Å². The number of carbonyl (C=O) groups is 3. The monoisotopic (exact) mass is 510 g/mol. The van der Waals surface area contributed by atoms with Crippen molar-refractivity contribution in [1.29, 1.82) is 0 Å². The molecule has 1 heterocycles. The number of amides is 1. The number of aliphatic imine (C=N–C) groups is 1. The van der Waals surface area contributed by atoms with Gasteiger partial charge in [0.05, 0.1) is 39.1 Å². The van der Waals surface area contributed by atoms with Crippen LogP contribution in [0.3, 0.4) is 0 Å². The third-order valence-electron chi connectivity index (χ3n) is 5.89. The van der Waals surface area contributed by atoms with Crippen LogP contribution in [0.1, 0.15) is 37.5 Å². The lowest BCUT2D eigenvalue weighted by Crippen LogP contribution is -2.31. The minimum atomic E-state index is -0.387. The minimum absolute atomic E-state index is 0.0124. The summed E-state index contributed by atoms with van der Waals surface area (Å²) in [5, 5.41) is 0. The van der Waals surface area contributed by atoms with E-state index in [1.165, 1.54) is 17.3 Å². The molecule has 0 spiro atoms. The molecule has 0 unspecified atom stereocenters. The third kappa shape index (κ3) is 6.04. The van der Waals surface area contributed by atoms with Crippen LogP contribution in [0, 0.1) is 0 Å². The Labute approximate surface area is 220 Å². The predicted octanol–water partition coefficient (Wildman–Crippen LogP) is 5.12. The smallest absolute Gasteiger partial charge is 0.263 e. The Morgan fingerprint density at radius 3 is 1.68 bits per heavy atom. The summed E-state index contributed by atoms with van der Waals surface area (Å²) in [6.07, 6.45) is 4.24. The van der Waals surface area contributed by atoms with Crippen LogP contribution in [-0.4, -0.2) is 50.0 Å². The van der Waals surface area contributed by atoms with Gasteiger partial charge in [0.1, 0.15) is 23.6 Å². The largest absolute Gasteiger partial charge is 0.497 e. The fourth-order valence-corrected chi connectivity index (χ4v) is 3.74. The lowest BCUT2D eigenvalue weighted by Gasteiger charge is -2.23. The summed E-state index contributed by atoms with van der Waals surface area (Å²) < 4.78 is 15.5. The molecular formula is C30H26N2O6. The molecule has 192 valence electrons. The van der Waals surface area contributed by atoms with Crippen LogP contribution in [0.4, 0.5) is 0 Å². The molecule has 3 aromatic carbocycles. The van der Waals surface area contributed by atoms with E-state index in [1.54, 1.807) is 100 Å². The summed E-state index contributed by atoms with van der Waals surface area (Å²) >= 11 is 0. The topological polar surface area (TPSA) is 94.5 Å². The zero-order valence-electron chi connectivity index (χ0n) is 21.2. The second-order valence-corrected chi connectivity index (χ2v) is 8.27. The van der Waals surface area contributed by atoms with Crippen molar-refractivity contribution in [2.24, 2.45) is 4.99 Å². The van der Waals surface area contributed by atoms with Crippen molar-refractivity contribution < 1.29 is 28.6 Å². The van der Waals surface area contributed by atoms with E-state index < -0.39 is 0 Å². The highest BCUT2D eigenvalue weighted by atomic mass is 16.5. The Morgan fingerprint density at radius 1 is 0.711 bits per heavy atom. The van der Waals surface area contributed by atoms with Gasteiger partial charge in [-0.05, 0) is 78.9 Å². The van der Waals surface area contributed by atoms with Gasteiger partial charge in [-0.15, -0.1) is 0 Å². The Hall–Kier alpha value is -4.98. The molecule has 0 saturated carbocycles. The maximum absolute atomic E-state index is 13.3. The lowest BCUT2D eigenvalue weighted by atomic mass is 10.0. The number of methoxy groups -OCH3 is 3. The number of carbonyl (C=O) groups excluding carboxylic acids is 3. The van der Waals surface area contributed by atoms with Gasteiger partial charge in [0, 0.05) is 22.8 Å². The van der Waals surface area contributed by atoms with Crippen LogP contribution < -0.4 is 14.2 Å². The minimum Gasteiger partial charge on any atom is -0.497 e. The van der Waals surface area contributed by atoms with Crippen LogP contribution in [0.2, 0.25) is 0 Å². The Morgan fingerprint density at radius 2 is 1.18 bits per heavy atom. The summed E-state index contributed by atoms with van der Waals surface area (Å²) in [7, 11) is 4.64. The van der Waals surface area contributed by atoms with Crippen LogP contribution in [0.15, 0.2) is 101 Å². The molecule has 1 aliphatic rings. The van der Waals surface area contributed by atoms with Gasteiger partial charge >= 0.3 is 0 Å². The van der Waals surface area contributed by atoms with E-state index in [4.69, 9.17) is 14.2 Å². The first-order valence-corrected chi connectivity index (χ1v) is 11.7. The summed E-state index contributed by atoms with van der Waals surface area (Å²) in [6.45, 7) is 0. The van der Waals surface area contributed by atoms with Crippen molar-refractivity contribution in [3.8, 4) is 17.2 Å². The van der Waals surface area contributed by atoms with E-state index in [0.29, 0.717) is 45.3 Å². The molecule has 4 rings (SSSR count). The fraction of sp³-hybridized carbons (Fsp3) is 0.133. The number of benzene rings is 3. The highest BCUT2D eigenvalue weighted by Crippen LogP contribution is 2.24. The molecule has 0 N–H and O–H groups in total. The third-order valence-corrected chi connectivity index (χ3v) is 5.89. The first-order chi connectivity index (χ1) is 18.4. The van der Waals surface area contributed by atoms with Crippen molar-refractivity contribution in [3.63, 3.8) is 0 Å². The molecule has 1 amide bonds. The normalized spacial score (nSPS) is 13.6. The number of hydrogen-bond donors (Lipinski definition) is 0. The SMILES string of the molecule is COc1ccc(C(=O)C=C2C=C(CC(=O)c3ccc(OC)cc3)N=CN2C(=O)c2ccc(OC)cc2)cc1. The number of rotatable bonds is 9. The Bertz CT molecular complexity index is 1420. The van der Waals surface area contributed by atoms with E-state index in [2.05, 4.69) is 4.99 Å². The number of ketones is 2. The molecule has 0 bridgehead atoms. The average Bonchev–Trinajstić information content (AvgIpc) is 2.97. The quantitative estimate of drug-likeness (QED) is 0.293. The molecule has 8 nitrogen and oxygen atoms in total. The van der Waals surface area contributed by atoms with Gasteiger partial charge in [0.2, 0.25) is 0 Å². The molecule has 0 aromatic heterocycles. The van der Waals surface area contributed by atoms with Crippen molar-refractivity contribution in [3.05, 3.63) is 113 Å². The predicted molar refractivity (Wildman–Crippen MR) is 143 cm³/mol. The van der Waals surface area contributed by atoms with Crippen molar-refractivity contribution in [1.82, 2.24) is 4.90 Å². The molecule has 0 atom stereocenters. The second-order valence-electron chi connectivity index (χ2n) is 8.27. The zero-order chi connectivity index (χ0) is 27.1. The van der Waals surface area contributed by atoms with E-state index in [0.717, 1.165) is 0 Å². The van der Waals surface area contributed by atoms with E-state index in [1.807, 2.05) is 0 Å². The fourth-order valence-electron chi connectivity index (χ4n) is 3.74. The molecule has 38 heavy (non-hydrogen) atoms. The zero-order valence-corrected chi connectivity index (χ0v) is 21.2. The molecule has 3 aromatic rings. The van der Waals surface area contributed by atoms with Crippen LogP contribution in [-0.2, 0) is 0 Å². The molecule has 0 radical (unpaired) electrons. The summed E-state index contributed by atoms with van der Waals surface area (Å²) in [6, 6.07) is 20.0. The number of Topliss-reactive ketones (excluding diaryl/α,β-unsaturated/α-hetero) is 1. The molecule has 0 saturated heterocycles. The first-order valence-electron chi connectivity index (χ1n) is 11.7. The highest BCUT2D eigenvalue weighted by molar-refractivity contribution is 6.08. The molecular weight excluding hydrogens is 484 g/mol. The standard InChI is InChI=1S/C30H26N2O6/c1-36-25-10-4-20(5-11-25)28(33)17-23-16-24(18-29(34)21-6-12-26(37-2)13-7-21)32(19-31-23)30(35)22-8-14-27(38-3)15-9-22/h4-16,18-19H,17H2,1-3H3. The van der Waals surface area contributed by atoms with Gasteiger partial charge in [-0.2, -0.15) is 0 Å². The molecule has 1 aliphatic heterocycles. The molecule has 0 fully saturated rings. The van der Waals surface area contributed by atoms with Crippen LogP contribution in [0.25, 0.3) is 0 Å². The summed E-state index contributed by atoms with van der Waals surface area (Å²) in [5.41, 5.74) is 2.00. The summed E-state index contributed by atoms with van der Waals surface area (Å²) in [4.78, 5) is 44.9. The van der Waals surface area contributed by atoms with E-state index in [-0.39, 0.29) is 23.9 Å². The number of ether oxygens (including phenoxy) is 3.